The Labute approximate surface area is 116 Å². The normalized spacial score (nSPS) is 13.8. The van der Waals surface area contributed by atoms with Gasteiger partial charge in [-0.2, -0.15) is 0 Å². The molecule has 0 amide bonds. The summed E-state index contributed by atoms with van der Waals surface area (Å²) in [6, 6.07) is 8.22. The second-order valence-corrected chi connectivity index (χ2v) is 5.12. The van der Waals surface area contributed by atoms with Gasteiger partial charge in [-0.25, -0.2) is 0 Å². The molecule has 0 bridgehead atoms. The molecule has 0 aliphatic rings. The Morgan fingerprint density at radius 3 is 2.58 bits per heavy atom. The summed E-state index contributed by atoms with van der Waals surface area (Å²) >= 11 is 0. The summed E-state index contributed by atoms with van der Waals surface area (Å²) < 4.78 is 5.16. The van der Waals surface area contributed by atoms with E-state index in [2.05, 4.69) is 31.0 Å². The summed E-state index contributed by atoms with van der Waals surface area (Å²) in [6.07, 6.45) is 4.93. The van der Waals surface area contributed by atoms with E-state index in [0.29, 0.717) is 6.54 Å². The van der Waals surface area contributed by atoms with E-state index in [4.69, 9.17) is 10.5 Å². The van der Waals surface area contributed by atoms with Crippen molar-refractivity contribution in [3.05, 3.63) is 42.5 Å². The van der Waals surface area contributed by atoms with Crippen LogP contribution in [0.1, 0.15) is 25.3 Å². The lowest BCUT2D eigenvalue weighted by atomic mass is 9.93. The van der Waals surface area contributed by atoms with Crippen molar-refractivity contribution in [3.63, 3.8) is 0 Å². The molecule has 1 atom stereocenters. The lowest BCUT2D eigenvalue weighted by molar-refractivity contribution is 0.343. The molecule has 3 heteroatoms. The molecule has 3 N–H and O–H groups in total. The third-order valence-corrected chi connectivity index (χ3v) is 3.48. The summed E-state index contributed by atoms with van der Waals surface area (Å²) in [5.74, 6) is 0.898. The monoisotopic (exact) mass is 262 g/mol. The number of nitrogens with one attached hydrogen (secondary N) is 1. The van der Waals surface area contributed by atoms with Crippen LogP contribution in [0.3, 0.4) is 0 Å². The van der Waals surface area contributed by atoms with Crippen molar-refractivity contribution in [1.82, 2.24) is 5.32 Å². The lowest BCUT2D eigenvalue weighted by Gasteiger charge is -2.29. The Morgan fingerprint density at radius 1 is 1.37 bits per heavy atom. The van der Waals surface area contributed by atoms with Gasteiger partial charge in [0, 0.05) is 12.1 Å². The van der Waals surface area contributed by atoms with E-state index < -0.39 is 0 Å². The summed E-state index contributed by atoms with van der Waals surface area (Å²) in [6.45, 7) is 7.48. The fourth-order valence-corrected chi connectivity index (χ4v) is 1.95. The van der Waals surface area contributed by atoms with Crippen LogP contribution >= 0.6 is 0 Å². The van der Waals surface area contributed by atoms with Crippen LogP contribution in [-0.2, 0) is 6.42 Å². The molecule has 106 valence electrons. The van der Waals surface area contributed by atoms with Crippen molar-refractivity contribution in [2.75, 3.05) is 20.2 Å². The predicted octanol–water partition coefficient (Wildman–Crippen LogP) is 2.51. The third kappa shape index (κ3) is 5.45. The van der Waals surface area contributed by atoms with Crippen LogP contribution in [0.15, 0.2) is 36.9 Å². The molecule has 1 rings (SSSR count). The highest BCUT2D eigenvalue weighted by atomic mass is 16.5. The maximum absolute atomic E-state index is 5.89. The lowest BCUT2D eigenvalue weighted by Crippen LogP contribution is -2.49. The van der Waals surface area contributed by atoms with Crippen LogP contribution in [0.25, 0.3) is 0 Å². The van der Waals surface area contributed by atoms with Crippen molar-refractivity contribution in [2.24, 2.45) is 5.73 Å². The van der Waals surface area contributed by atoms with Gasteiger partial charge in [0.25, 0.3) is 0 Å². The van der Waals surface area contributed by atoms with Gasteiger partial charge in [-0.1, -0.05) is 18.2 Å². The van der Waals surface area contributed by atoms with E-state index in [1.54, 1.807) is 7.11 Å². The van der Waals surface area contributed by atoms with Gasteiger partial charge in [0.15, 0.2) is 0 Å². The smallest absolute Gasteiger partial charge is 0.118 e. The Bertz CT molecular complexity index is 375. The Balaban J connectivity index is 2.48. The van der Waals surface area contributed by atoms with E-state index in [0.717, 1.165) is 31.6 Å². The van der Waals surface area contributed by atoms with Crippen LogP contribution < -0.4 is 15.8 Å². The second-order valence-electron chi connectivity index (χ2n) is 5.12. The first-order chi connectivity index (χ1) is 9.13. The molecule has 0 fully saturated rings. The van der Waals surface area contributed by atoms with Crippen LogP contribution in [-0.4, -0.2) is 25.7 Å². The van der Waals surface area contributed by atoms with Gasteiger partial charge in [0.1, 0.15) is 5.75 Å². The largest absolute Gasteiger partial charge is 0.497 e. The van der Waals surface area contributed by atoms with E-state index in [-0.39, 0.29) is 5.54 Å². The van der Waals surface area contributed by atoms with Crippen LogP contribution in [0, 0.1) is 0 Å². The molecule has 0 aromatic heterocycles. The van der Waals surface area contributed by atoms with E-state index in [9.17, 15) is 0 Å². The van der Waals surface area contributed by atoms with Crippen LogP contribution in [0.5, 0.6) is 5.75 Å². The molecule has 3 nitrogen and oxygen atoms in total. The molecule has 0 aliphatic heterocycles. The summed E-state index contributed by atoms with van der Waals surface area (Å²) in [4.78, 5) is 0. The fourth-order valence-electron chi connectivity index (χ4n) is 1.95. The Hall–Kier alpha value is -1.32. The minimum atomic E-state index is -0.0110. The Kier molecular flexibility index (Phi) is 6.60. The summed E-state index contributed by atoms with van der Waals surface area (Å²) in [7, 11) is 1.68. The van der Waals surface area contributed by atoms with Crippen molar-refractivity contribution in [3.8, 4) is 5.75 Å². The zero-order valence-corrected chi connectivity index (χ0v) is 12.1. The summed E-state index contributed by atoms with van der Waals surface area (Å²) in [5.41, 5.74) is 7.19. The molecule has 0 saturated carbocycles. The third-order valence-electron chi connectivity index (χ3n) is 3.48. The fraction of sp³-hybridized carbons (Fsp3) is 0.500. The van der Waals surface area contributed by atoms with E-state index >= 15 is 0 Å². The number of hydrogen-bond acceptors (Lipinski definition) is 3. The molecule has 1 unspecified atom stereocenters. The average molecular weight is 262 g/mol. The van der Waals surface area contributed by atoms with Gasteiger partial charge in [-0.05, 0) is 50.4 Å². The molecular formula is C16H26N2O. The number of ether oxygens (including phenoxy) is 1. The number of nitrogens with two attached hydrogens (primary N) is 1. The first-order valence-electron chi connectivity index (χ1n) is 6.82. The van der Waals surface area contributed by atoms with Gasteiger partial charge in [-0.15, -0.1) is 6.58 Å². The molecule has 0 radical (unpaired) electrons. The molecule has 0 heterocycles. The maximum Gasteiger partial charge on any atom is 0.118 e. The molecule has 1 aromatic carbocycles. The number of aryl methyl sites for hydroxylation is 1. The SMILES string of the molecule is C=CCCNC(C)(CN)CCc1ccc(OC)cc1. The highest BCUT2D eigenvalue weighted by Gasteiger charge is 2.20. The van der Waals surface area contributed by atoms with E-state index in [1.165, 1.54) is 5.56 Å². The minimum absolute atomic E-state index is 0.0110. The predicted molar refractivity (Wildman–Crippen MR) is 81.6 cm³/mol. The number of rotatable bonds is 9. The molecule has 0 spiro atoms. The molecule has 0 saturated heterocycles. The zero-order valence-electron chi connectivity index (χ0n) is 12.1. The number of benzene rings is 1. The van der Waals surface area contributed by atoms with Crippen molar-refractivity contribution < 1.29 is 4.74 Å². The Morgan fingerprint density at radius 2 is 2.05 bits per heavy atom. The van der Waals surface area contributed by atoms with Gasteiger partial charge in [-0.3, -0.25) is 0 Å². The quantitative estimate of drug-likeness (QED) is 0.531. The van der Waals surface area contributed by atoms with Crippen LogP contribution in [0.4, 0.5) is 0 Å². The highest BCUT2D eigenvalue weighted by Crippen LogP contribution is 2.16. The molecule has 0 aliphatic carbocycles. The van der Waals surface area contributed by atoms with Crippen LogP contribution in [0.2, 0.25) is 0 Å². The average Bonchev–Trinajstić information content (AvgIpc) is 2.46. The topological polar surface area (TPSA) is 47.3 Å². The van der Waals surface area contributed by atoms with E-state index in [1.807, 2.05) is 18.2 Å². The minimum Gasteiger partial charge on any atom is -0.497 e. The van der Waals surface area contributed by atoms with Crippen molar-refractivity contribution in [1.29, 1.82) is 0 Å². The first-order valence-corrected chi connectivity index (χ1v) is 6.82. The van der Waals surface area contributed by atoms with Crippen molar-refractivity contribution in [2.45, 2.75) is 31.7 Å². The van der Waals surface area contributed by atoms with Gasteiger partial charge in [0.05, 0.1) is 7.11 Å². The van der Waals surface area contributed by atoms with Crippen molar-refractivity contribution >= 4 is 0 Å². The molecule has 1 aromatic rings. The zero-order chi connectivity index (χ0) is 14.1. The van der Waals surface area contributed by atoms with Gasteiger partial charge >= 0.3 is 0 Å². The second kappa shape index (κ2) is 7.97. The first kappa shape index (κ1) is 15.7. The summed E-state index contributed by atoms with van der Waals surface area (Å²) in [5, 5.41) is 3.52. The molecule has 19 heavy (non-hydrogen) atoms. The maximum atomic E-state index is 5.89. The highest BCUT2D eigenvalue weighted by molar-refractivity contribution is 5.27. The van der Waals surface area contributed by atoms with Gasteiger partial charge < -0.3 is 15.8 Å². The van der Waals surface area contributed by atoms with Gasteiger partial charge in [0.2, 0.25) is 0 Å². The molecular weight excluding hydrogens is 236 g/mol. The number of methoxy groups -OCH3 is 1. The number of hydrogen-bond donors (Lipinski definition) is 2. The standard InChI is InChI=1S/C16H26N2O/c1-4-5-12-18-16(2,13-17)11-10-14-6-8-15(19-3)9-7-14/h4,6-9,18H,1,5,10-13,17H2,2-3H3.